The minimum Gasteiger partial charge on any atom is -0.336 e. The van der Waals surface area contributed by atoms with E-state index in [1.807, 2.05) is 6.07 Å². The molecule has 8 heteroatoms. The largest absolute Gasteiger partial charge is 0.336 e. The standard InChI is InChI=1S/C17H17N5O3/c1-20(10-11-5-4-8-18-9-11)16(24)13-7-6-12-14(19-13)21(2)17(25)22(3)15(12)23/h4-9H,10H2,1-3H3. The van der Waals surface area contributed by atoms with Crippen LogP contribution >= 0.6 is 0 Å². The summed E-state index contributed by atoms with van der Waals surface area (Å²) in [5, 5.41) is 0.288. The summed E-state index contributed by atoms with van der Waals surface area (Å²) in [6.07, 6.45) is 3.35. The Morgan fingerprint density at radius 2 is 1.92 bits per heavy atom. The molecule has 8 nitrogen and oxygen atoms in total. The maximum absolute atomic E-state index is 12.6. The van der Waals surface area contributed by atoms with E-state index >= 15 is 0 Å². The SMILES string of the molecule is CN(Cc1cccnc1)C(=O)c1ccc2c(=O)n(C)c(=O)n(C)c2n1. The maximum atomic E-state index is 12.6. The fraction of sp³-hybridized carbons (Fsp3) is 0.235. The summed E-state index contributed by atoms with van der Waals surface area (Å²) in [5.74, 6) is -0.307. The fourth-order valence-electron chi connectivity index (χ4n) is 2.61. The number of aromatic nitrogens is 4. The summed E-state index contributed by atoms with van der Waals surface area (Å²) in [7, 11) is 4.58. The predicted octanol–water partition coefficient (Wildman–Crippen LogP) is 0.299. The molecule has 0 saturated carbocycles. The molecule has 25 heavy (non-hydrogen) atoms. The number of hydrogen-bond acceptors (Lipinski definition) is 5. The van der Waals surface area contributed by atoms with Crippen molar-refractivity contribution in [2.45, 2.75) is 6.54 Å². The molecule has 3 aromatic heterocycles. The monoisotopic (exact) mass is 339 g/mol. The molecule has 0 N–H and O–H groups in total. The molecule has 3 heterocycles. The van der Waals surface area contributed by atoms with Crippen molar-refractivity contribution in [2.24, 2.45) is 14.1 Å². The molecule has 1 amide bonds. The molecule has 0 aliphatic rings. The van der Waals surface area contributed by atoms with E-state index < -0.39 is 11.2 Å². The Morgan fingerprint density at radius 1 is 1.16 bits per heavy atom. The molecule has 3 aromatic rings. The molecule has 0 radical (unpaired) electrons. The number of amides is 1. The van der Waals surface area contributed by atoms with E-state index in [1.54, 1.807) is 25.5 Å². The third-order valence-electron chi connectivity index (χ3n) is 4.01. The number of nitrogens with zero attached hydrogens (tertiary/aromatic N) is 5. The molecule has 0 aliphatic heterocycles. The van der Waals surface area contributed by atoms with Crippen LogP contribution in [0.1, 0.15) is 16.1 Å². The normalized spacial score (nSPS) is 10.8. The van der Waals surface area contributed by atoms with E-state index in [0.29, 0.717) is 6.54 Å². The van der Waals surface area contributed by atoms with Gasteiger partial charge in [-0.15, -0.1) is 0 Å². The highest BCUT2D eigenvalue weighted by atomic mass is 16.2. The summed E-state index contributed by atoms with van der Waals surface area (Å²) < 4.78 is 2.27. The van der Waals surface area contributed by atoms with Gasteiger partial charge in [-0.3, -0.25) is 23.7 Å². The summed E-state index contributed by atoms with van der Waals surface area (Å²) in [4.78, 5) is 46.6. The summed E-state index contributed by atoms with van der Waals surface area (Å²) in [6.45, 7) is 0.377. The highest BCUT2D eigenvalue weighted by Gasteiger charge is 2.17. The number of pyridine rings is 2. The topological polar surface area (TPSA) is 90.1 Å². The third-order valence-corrected chi connectivity index (χ3v) is 4.01. The maximum Gasteiger partial charge on any atom is 0.332 e. The van der Waals surface area contributed by atoms with Gasteiger partial charge in [-0.2, -0.15) is 0 Å². The minimum atomic E-state index is -0.488. The smallest absolute Gasteiger partial charge is 0.332 e. The van der Waals surface area contributed by atoms with Crippen LogP contribution in [0.15, 0.2) is 46.2 Å². The Hall–Kier alpha value is -3.29. The van der Waals surface area contributed by atoms with Gasteiger partial charge in [0.2, 0.25) is 0 Å². The lowest BCUT2D eigenvalue weighted by molar-refractivity contribution is 0.0779. The molecule has 0 bridgehead atoms. The molecule has 0 saturated heterocycles. The van der Waals surface area contributed by atoms with Gasteiger partial charge >= 0.3 is 5.69 Å². The van der Waals surface area contributed by atoms with Crippen LogP contribution in [0.25, 0.3) is 11.0 Å². The van der Waals surface area contributed by atoms with Crippen molar-refractivity contribution in [1.29, 1.82) is 0 Å². The lowest BCUT2D eigenvalue weighted by Gasteiger charge is -2.17. The van der Waals surface area contributed by atoms with Gasteiger partial charge in [-0.05, 0) is 23.8 Å². The first-order valence-corrected chi connectivity index (χ1v) is 7.61. The first kappa shape index (κ1) is 16.6. The quantitative estimate of drug-likeness (QED) is 0.684. The molecule has 0 atom stereocenters. The average Bonchev–Trinajstić information content (AvgIpc) is 2.64. The average molecular weight is 339 g/mol. The molecule has 0 unspecified atom stereocenters. The summed E-state index contributed by atoms with van der Waals surface area (Å²) in [5.41, 5.74) is 0.322. The van der Waals surface area contributed by atoms with Crippen molar-refractivity contribution in [2.75, 3.05) is 7.05 Å². The van der Waals surface area contributed by atoms with Gasteiger partial charge in [-0.1, -0.05) is 6.07 Å². The molecule has 0 aliphatic carbocycles. The Morgan fingerprint density at radius 3 is 2.60 bits per heavy atom. The molecule has 0 aromatic carbocycles. The van der Waals surface area contributed by atoms with Crippen molar-refractivity contribution in [1.82, 2.24) is 24.0 Å². The van der Waals surface area contributed by atoms with Crippen molar-refractivity contribution in [3.8, 4) is 0 Å². The fourth-order valence-corrected chi connectivity index (χ4v) is 2.61. The zero-order valence-electron chi connectivity index (χ0n) is 14.1. The molecule has 3 rings (SSSR count). The Kier molecular flexibility index (Phi) is 4.18. The van der Waals surface area contributed by atoms with E-state index in [2.05, 4.69) is 9.97 Å². The van der Waals surface area contributed by atoms with Gasteiger partial charge in [-0.25, -0.2) is 9.78 Å². The van der Waals surface area contributed by atoms with Crippen LogP contribution in [0.3, 0.4) is 0 Å². The van der Waals surface area contributed by atoms with Crippen LogP contribution in [0.5, 0.6) is 0 Å². The lowest BCUT2D eigenvalue weighted by Crippen LogP contribution is -2.37. The first-order valence-electron chi connectivity index (χ1n) is 7.61. The van der Waals surface area contributed by atoms with Crippen LogP contribution in [0, 0.1) is 0 Å². The third kappa shape index (κ3) is 2.93. The number of rotatable bonds is 3. The van der Waals surface area contributed by atoms with E-state index in [-0.39, 0.29) is 22.6 Å². The van der Waals surface area contributed by atoms with Gasteiger partial charge in [0, 0.05) is 40.1 Å². The van der Waals surface area contributed by atoms with Crippen LogP contribution in [-0.2, 0) is 20.6 Å². The van der Waals surface area contributed by atoms with Crippen molar-refractivity contribution in [3.63, 3.8) is 0 Å². The van der Waals surface area contributed by atoms with Crippen molar-refractivity contribution < 1.29 is 4.79 Å². The van der Waals surface area contributed by atoms with Gasteiger partial charge in [0.25, 0.3) is 11.5 Å². The lowest BCUT2D eigenvalue weighted by atomic mass is 10.2. The number of carbonyl (C=O) groups excluding carboxylic acids is 1. The predicted molar refractivity (Wildman–Crippen MR) is 92.3 cm³/mol. The second-order valence-electron chi connectivity index (χ2n) is 5.80. The van der Waals surface area contributed by atoms with E-state index in [9.17, 15) is 14.4 Å². The first-order chi connectivity index (χ1) is 11.9. The van der Waals surface area contributed by atoms with Crippen LogP contribution in [-0.4, -0.2) is 37.0 Å². The molecular weight excluding hydrogens is 322 g/mol. The molecule has 0 fully saturated rings. The van der Waals surface area contributed by atoms with Crippen molar-refractivity contribution >= 4 is 16.9 Å². The van der Waals surface area contributed by atoms with Gasteiger partial charge in [0.05, 0.1) is 5.39 Å². The summed E-state index contributed by atoms with van der Waals surface area (Å²) >= 11 is 0. The minimum absolute atomic E-state index is 0.169. The van der Waals surface area contributed by atoms with E-state index in [4.69, 9.17) is 0 Å². The molecule has 0 spiro atoms. The van der Waals surface area contributed by atoms with Gasteiger partial charge < -0.3 is 4.90 Å². The zero-order chi connectivity index (χ0) is 18.1. The van der Waals surface area contributed by atoms with E-state index in [0.717, 1.165) is 10.1 Å². The highest BCUT2D eigenvalue weighted by Crippen LogP contribution is 2.10. The number of hydrogen-bond donors (Lipinski definition) is 0. The van der Waals surface area contributed by atoms with Crippen molar-refractivity contribution in [3.05, 3.63) is 68.8 Å². The van der Waals surface area contributed by atoms with Gasteiger partial charge in [0.15, 0.2) is 0 Å². The molecular formula is C17H17N5O3. The molecule has 128 valence electrons. The Labute approximate surface area is 143 Å². The summed E-state index contributed by atoms with van der Waals surface area (Å²) in [6, 6.07) is 6.69. The van der Waals surface area contributed by atoms with Crippen LogP contribution < -0.4 is 11.2 Å². The number of fused-ring (bicyclic) bond motifs is 1. The number of aryl methyl sites for hydroxylation is 1. The zero-order valence-corrected chi connectivity index (χ0v) is 14.1. The van der Waals surface area contributed by atoms with E-state index in [1.165, 1.54) is 35.7 Å². The Balaban J connectivity index is 2.00. The van der Waals surface area contributed by atoms with Gasteiger partial charge in [0.1, 0.15) is 11.3 Å². The van der Waals surface area contributed by atoms with Crippen LogP contribution in [0.4, 0.5) is 0 Å². The second kappa shape index (κ2) is 6.31. The Bertz CT molecular complexity index is 1070. The highest BCUT2D eigenvalue weighted by molar-refractivity contribution is 5.94. The van der Waals surface area contributed by atoms with Crippen LogP contribution in [0.2, 0.25) is 0 Å². The number of carbonyl (C=O) groups is 1. The second-order valence-corrected chi connectivity index (χ2v) is 5.80.